The van der Waals surface area contributed by atoms with Crippen molar-refractivity contribution in [1.29, 1.82) is 0 Å². The molecule has 2 rings (SSSR count). The summed E-state index contributed by atoms with van der Waals surface area (Å²) in [5.41, 5.74) is 5.02. The standard InChI is InChI=1S/C14H28N5O2/c1-12(2)8-17(14(5,6)10-20)9-13(3,4)19(12)18-7-11(15)21-16-18/h7,20H,8-10,15H2,1-6H3/q+1. The predicted octanol–water partition coefficient (Wildman–Crippen LogP) is 0.126. The summed E-state index contributed by atoms with van der Waals surface area (Å²) in [7, 11) is 0. The molecular weight excluding hydrogens is 270 g/mol. The minimum absolute atomic E-state index is 0.128. The number of nitrogen functional groups attached to an aromatic ring is 1. The van der Waals surface area contributed by atoms with Crippen molar-refractivity contribution in [2.75, 3.05) is 30.4 Å². The lowest BCUT2D eigenvalue weighted by atomic mass is 9.86. The second kappa shape index (κ2) is 4.84. The average Bonchev–Trinajstić information content (AvgIpc) is 2.72. The molecule has 1 aliphatic rings. The first-order valence-electron chi connectivity index (χ1n) is 7.30. The molecule has 1 fully saturated rings. The van der Waals surface area contributed by atoms with E-state index in [1.807, 2.05) is 0 Å². The van der Waals surface area contributed by atoms with Crippen LogP contribution in [0.15, 0.2) is 10.7 Å². The van der Waals surface area contributed by atoms with Gasteiger partial charge in [0.25, 0.3) is 12.1 Å². The van der Waals surface area contributed by atoms with Gasteiger partial charge in [-0.2, -0.15) is 0 Å². The van der Waals surface area contributed by atoms with Crippen LogP contribution in [0.4, 0.5) is 5.88 Å². The molecular formula is C14H28N5O2+. The minimum atomic E-state index is -0.256. The molecule has 0 radical (unpaired) electrons. The highest BCUT2D eigenvalue weighted by atomic mass is 16.5. The van der Waals surface area contributed by atoms with Gasteiger partial charge in [-0.05, 0) is 41.5 Å². The van der Waals surface area contributed by atoms with Crippen molar-refractivity contribution >= 4 is 5.88 Å². The van der Waals surface area contributed by atoms with Crippen molar-refractivity contribution in [3.63, 3.8) is 0 Å². The number of anilines is 1. The van der Waals surface area contributed by atoms with Crippen LogP contribution in [-0.2, 0) is 0 Å². The van der Waals surface area contributed by atoms with Crippen molar-refractivity contribution in [2.24, 2.45) is 0 Å². The molecule has 1 aromatic rings. The van der Waals surface area contributed by atoms with Gasteiger partial charge in [-0.3, -0.25) is 9.42 Å². The van der Waals surface area contributed by atoms with E-state index in [0.717, 1.165) is 13.1 Å². The van der Waals surface area contributed by atoms with E-state index in [-0.39, 0.29) is 23.2 Å². The van der Waals surface area contributed by atoms with Crippen LogP contribution in [-0.4, -0.2) is 51.6 Å². The third kappa shape index (κ3) is 2.85. The summed E-state index contributed by atoms with van der Waals surface area (Å²) in [5.74, 6) is 0.291. The molecule has 7 heteroatoms. The summed E-state index contributed by atoms with van der Waals surface area (Å²) in [4.78, 5) is 4.02. The second-order valence-corrected chi connectivity index (χ2v) is 7.79. The lowest BCUT2D eigenvalue weighted by molar-refractivity contribution is -0.774. The molecule has 21 heavy (non-hydrogen) atoms. The third-order valence-electron chi connectivity index (χ3n) is 4.22. The van der Waals surface area contributed by atoms with E-state index in [0.29, 0.717) is 5.88 Å². The SMILES string of the molecule is CC(C)(CO)N1CC(C)(C)N([n+]2cc(N)on2)C(C)(C)C1. The Morgan fingerprint density at radius 2 is 1.86 bits per heavy atom. The van der Waals surface area contributed by atoms with Crippen LogP contribution in [0.1, 0.15) is 41.5 Å². The number of nitrogens with zero attached hydrogens (tertiary/aromatic N) is 4. The number of hydrogen-bond acceptors (Lipinski definition) is 6. The molecule has 1 saturated heterocycles. The van der Waals surface area contributed by atoms with E-state index in [2.05, 4.69) is 56.7 Å². The van der Waals surface area contributed by atoms with Gasteiger partial charge in [0.15, 0.2) is 0 Å². The molecule has 0 unspecified atom stereocenters. The zero-order chi connectivity index (χ0) is 16.1. The van der Waals surface area contributed by atoms with Crippen molar-refractivity contribution in [3.8, 4) is 0 Å². The Labute approximate surface area is 126 Å². The molecule has 120 valence electrons. The maximum Gasteiger partial charge on any atom is 0.296 e. The van der Waals surface area contributed by atoms with E-state index >= 15 is 0 Å². The molecule has 0 aromatic carbocycles. The van der Waals surface area contributed by atoms with Gasteiger partial charge in [-0.1, -0.05) is 0 Å². The van der Waals surface area contributed by atoms with E-state index < -0.39 is 0 Å². The molecule has 3 N–H and O–H groups in total. The van der Waals surface area contributed by atoms with Crippen molar-refractivity contribution < 1.29 is 14.4 Å². The molecule has 2 heterocycles. The van der Waals surface area contributed by atoms with Crippen molar-refractivity contribution in [3.05, 3.63) is 6.20 Å². The number of hydrogen-bond donors (Lipinski definition) is 2. The zero-order valence-corrected chi connectivity index (χ0v) is 13.9. The Morgan fingerprint density at radius 1 is 1.33 bits per heavy atom. The summed E-state index contributed by atoms with van der Waals surface area (Å²) < 4.78 is 5.02. The normalized spacial score (nSPS) is 22.5. The van der Waals surface area contributed by atoms with Crippen LogP contribution >= 0.6 is 0 Å². The van der Waals surface area contributed by atoms with Gasteiger partial charge in [0, 0.05) is 18.6 Å². The maximum atomic E-state index is 9.67. The molecule has 1 aromatic heterocycles. The van der Waals surface area contributed by atoms with Crippen molar-refractivity contribution in [1.82, 2.24) is 10.2 Å². The first-order chi connectivity index (χ1) is 9.49. The second-order valence-electron chi connectivity index (χ2n) is 7.79. The summed E-state index contributed by atoms with van der Waals surface area (Å²) in [6, 6.07) is 0. The highest BCUT2D eigenvalue weighted by Gasteiger charge is 2.53. The summed E-state index contributed by atoms with van der Waals surface area (Å²) in [6.07, 6.45) is 1.69. The zero-order valence-electron chi connectivity index (χ0n) is 13.9. The lowest BCUT2D eigenvalue weighted by Gasteiger charge is -2.54. The van der Waals surface area contributed by atoms with Crippen LogP contribution in [0, 0.1) is 0 Å². The third-order valence-corrected chi connectivity index (χ3v) is 4.22. The van der Waals surface area contributed by atoms with Crippen LogP contribution < -0.4 is 15.5 Å². The number of aliphatic hydroxyl groups is 1. The molecule has 0 bridgehead atoms. The first-order valence-corrected chi connectivity index (χ1v) is 7.30. The van der Waals surface area contributed by atoms with Gasteiger partial charge in [0.2, 0.25) is 5.27 Å². The van der Waals surface area contributed by atoms with E-state index in [4.69, 9.17) is 10.3 Å². The maximum absolute atomic E-state index is 9.67. The number of rotatable bonds is 3. The lowest BCUT2D eigenvalue weighted by Crippen LogP contribution is -2.83. The average molecular weight is 298 g/mol. The van der Waals surface area contributed by atoms with Gasteiger partial charge in [-0.25, -0.2) is 0 Å². The Morgan fingerprint density at radius 3 is 2.24 bits per heavy atom. The fourth-order valence-corrected chi connectivity index (χ4v) is 3.37. The fraction of sp³-hybridized carbons (Fsp3) is 0.857. The van der Waals surface area contributed by atoms with Crippen LogP contribution in [0.5, 0.6) is 0 Å². The van der Waals surface area contributed by atoms with E-state index in [1.165, 1.54) is 0 Å². The highest BCUT2D eigenvalue weighted by Crippen LogP contribution is 2.32. The van der Waals surface area contributed by atoms with Gasteiger partial charge in [0.05, 0.1) is 11.4 Å². The van der Waals surface area contributed by atoms with Gasteiger partial charge in [-0.15, -0.1) is 5.01 Å². The largest absolute Gasteiger partial charge is 0.394 e. The Kier molecular flexibility index (Phi) is 3.70. The molecule has 0 spiro atoms. The highest BCUT2D eigenvalue weighted by molar-refractivity contribution is 5.15. The number of aromatic nitrogens is 2. The molecule has 7 nitrogen and oxygen atoms in total. The number of piperazine rings is 1. The molecule has 0 aliphatic carbocycles. The first kappa shape index (κ1) is 16.0. The topological polar surface area (TPSA) is 82.6 Å². The van der Waals surface area contributed by atoms with Gasteiger partial charge >= 0.3 is 0 Å². The molecule has 1 aliphatic heterocycles. The minimum Gasteiger partial charge on any atom is -0.394 e. The van der Waals surface area contributed by atoms with Gasteiger partial charge in [0.1, 0.15) is 11.1 Å². The summed E-state index contributed by atoms with van der Waals surface area (Å²) in [6.45, 7) is 14.5. The predicted molar refractivity (Wildman–Crippen MR) is 80.2 cm³/mol. The van der Waals surface area contributed by atoms with Crippen LogP contribution in [0.3, 0.4) is 0 Å². The van der Waals surface area contributed by atoms with Crippen LogP contribution in [0.25, 0.3) is 0 Å². The molecule has 0 amide bonds. The summed E-state index contributed by atoms with van der Waals surface area (Å²) in [5, 5.41) is 15.9. The summed E-state index contributed by atoms with van der Waals surface area (Å²) >= 11 is 0. The Balaban J connectivity index is 2.38. The van der Waals surface area contributed by atoms with Crippen molar-refractivity contribution in [2.45, 2.75) is 58.2 Å². The number of aliphatic hydroxyl groups excluding tert-OH is 1. The van der Waals surface area contributed by atoms with Gasteiger partial charge < -0.3 is 10.8 Å². The monoisotopic (exact) mass is 298 g/mol. The number of nitrogens with two attached hydrogens (primary N) is 1. The molecule has 0 saturated carbocycles. The quantitative estimate of drug-likeness (QED) is 0.772. The van der Waals surface area contributed by atoms with E-state index in [9.17, 15) is 5.11 Å². The van der Waals surface area contributed by atoms with Crippen LogP contribution in [0.2, 0.25) is 0 Å². The fourth-order valence-electron chi connectivity index (χ4n) is 3.37. The smallest absolute Gasteiger partial charge is 0.296 e. The Bertz CT molecular complexity index is 491. The molecule has 0 atom stereocenters. The van der Waals surface area contributed by atoms with E-state index in [1.54, 1.807) is 11.0 Å². The Hall–Kier alpha value is -1.34.